The molecule has 1 fully saturated rings. The van der Waals surface area contributed by atoms with Crippen molar-refractivity contribution in [1.82, 2.24) is 4.72 Å². The van der Waals surface area contributed by atoms with Crippen molar-refractivity contribution in [3.63, 3.8) is 0 Å². The van der Waals surface area contributed by atoms with Gasteiger partial charge in [-0.3, -0.25) is 0 Å². The van der Waals surface area contributed by atoms with E-state index in [0.717, 1.165) is 6.42 Å². The summed E-state index contributed by atoms with van der Waals surface area (Å²) < 4.78 is 14.6. The molecule has 0 saturated heterocycles. The summed E-state index contributed by atoms with van der Waals surface area (Å²) in [5.74, 6) is 0.931. The Morgan fingerprint density at radius 1 is 1.57 bits per heavy atom. The Balaban J connectivity index is 2.31. The molecule has 0 aliphatic heterocycles. The van der Waals surface area contributed by atoms with Gasteiger partial charge in [-0.2, -0.15) is 0 Å². The van der Waals surface area contributed by atoms with Gasteiger partial charge in [0.2, 0.25) is 0 Å². The van der Waals surface area contributed by atoms with E-state index in [1.165, 1.54) is 0 Å². The molecule has 4 heteroatoms. The Hall–Kier alpha value is 0.230. The Bertz CT molecular complexity index is 193. The predicted molar refractivity (Wildman–Crippen MR) is 59.2 cm³/mol. The first kappa shape index (κ1) is 12.3. The van der Waals surface area contributed by atoms with Crippen LogP contribution in [0.5, 0.6) is 0 Å². The molecule has 2 N–H and O–H groups in total. The summed E-state index contributed by atoms with van der Waals surface area (Å²) in [4.78, 5) is 0. The quantitative estimate of drug-likeness (QED) is 0.695. The lowest BCUT2D eigenvalue weighted by atomic mass is 10.2. The number of hydrogen-bond donors (Lipinski definition) is 2. The van der Waals surface area contributed by atoms with Crippen molar-refractivity contribution in [3.05, 3.63) is 0 Å². The largest absolute Gasteiger partial charge is 0.598 e. The van der Waals surface area contributed by atoms with Crippen molar-refractivity contribution < 1.29 is 9.66 Å². The summed E-state index contributed by atoms with van der Waals surface area (Å²) in [5, 5.41) is 8.92. The van der Waals surface area contributed by atoms with Crippen LogP contribution in [0.4, 0.5) is 0 Å². The molecule has 1 rings (SSSR count). The summed E-state index contributed by atoms with van der Waals surface area (Å²) in [6.45, 7) is 8.18. The zero-order valence-corrected chi connectivity index (χ0v) is 10.2. The Kier molecular flexibility index (Phi) is 3.86. The summed E-state index contributed by atoms with van der Waals surface area (Å²) in [6, 6.07) is 0.243. The standard InChI is InChI=1S/C10H21NO2S/c1-7(9-5-8(9)6-12)11-14(13)10(2,3)4/h7-9,11-12H,5-6H2,1-4H3/t7?,8-,9-,14+/m0/s1. The van der Waals surface area contributed by atoms with Gasteiger partial charge < -0.3 is 9.66 Å². The van der Waals surface area contributed by atoms with Crippen molar-refractivity contribution in [1.29, 1.82) is 0 Å². The Morgan fingerprint density at radius 3 is 2.50 bits per heavy atom. The first-order valence-electron chi connectivity index (χ1n) is 5.15. The van der Waals surface area contributed by atoms with Crippen LogP contribution >= 0.6 is 0 Å². The summed E-state index contributed by atoms with van der Waals surface area (Å²) in [5.41, 5.74) is 0. The molecule has 0 aromatic rings. The van der Waals surface area contributed by atoms with Crippen LogP contribution in [0.15, 0.2) is 0 Å². The van der Waals surface area contributed by atoms with Gasteiger partial charge in [-0.15, -0.1) is 4.72 Å². The molecule has 0 radical (unpaired) electrons. The zero-order valence-electron chi connectivity index (χ0n) is 9.41. The highest BCUT2D eigenvalue weighted by atomic mass is 32.2. The lowest BCUT2D eigenvalue weighted by molar-refractivity contribution is 0.264. The van der Waals surface area contributed by atoms with Gasteiger partial charge in [0.25, 0.3) is 0 Å². The van der Waals surface area contributed by atoms with E-state index < -0.39 is 11.4 Å². The average molecular weight is 219 g/mol. The van der Waals surface area contributed by atoms with Crippen LogP contribution < -0.4 is 4.72 Å². The van der Waals surface area contributed by atoms with Gasteiger partial charge in [0.1, 0.15) is 4.75 Å². The lowest BCUT2D eigenvalue weighted by Crippen LogP contribution is -2.44. The van der Waals surface area contributed by atoms with Crippen LogP contribution in [-0.4, -0.2) is 27.1 Å². The van der Waals surface area contributed by atoms with E-state index in [1.807, 2.05) is 27.7 Å². The average Bonchev–Trinajstić information content (AvgIpc) is 2.80. The summed E-state index contributed by atoms with van der Waals surface area (Å²) >= 11 is -0.997. The van der Waals surface area contributed by atoms with Gasteiger partial charge >= 0.3 is 0 Å². The van der Waals surface area contributed by atoms with Crippen LogP contribution in [0.2, 0.25) is 0 Å². The molecular formula is C10H21NO2S. The molecule has 0 aromatic heterocycles. The van der Waals surface area contributed by atoms with E-state index in [9.17, 15) is 4.55 Å². The van der Waals surface area contributed by atoms with Crippen molar-refractivity contribution in [2.45, 2.75) is 44.9 Å². The van der Waals surface area contributed by atoms with Gasteiger partial charge in [0, 0.05) is 18.0 Å². The maximum Gasteiger partial charge on any atom is 0.136 e. The minimum absolute atomic E-state index is 0.210. The molecule has 0 amide bonds. The van der Waals surface area contributed by atoms with Crippen LogP contribution in [-0.2, 0) is 11.4 Å². The molecule has 3 nitrogen and oxygen atoms in total. The van der Waals surface area contributed by atoms with Crippen LogP contribution in [0, 0.1) is 11.8 Å². The molecule has 0 spiro atoms. The minimum atomic E-state index is -0.997. The molecule has 1 aliphatic carbocycles. The fourth-order valence-corrected chi connectivity index (χ4v) is 2.39. The van der Waals surface area contributed by atoms with Crippen LogP contribution in [0.25, 0.3) is 0 Å². The van der Waals surface area contributed by atoms with Gasteiger partial charge in [-0.1, -0.05) is 0 Å². The summed E-state index contributed by atoms with van der Waals surface area (Å²) in [7, 11) is 0. The fraction of sp³-hybridized carbons (Fsp3) is 1.00. The van der Waals surface area contributed by atoms with E-state index in [4.69, 9.17) is 5.11 Å². The monoisotopic (exact) mass is 219 g/mol. The van der Waals surface area contributed by atoms with Gasteiger partial charge in [-0.25, -0.2) is 0 Å². The Labute approximate surface area is 89.6 Å². The Morgan fingerprint density at radius 2 is 2.14 bits per heavy atom. The van der Waals surface area contributed by atoms with Crippen LogP contribution in [0.1, 0.15) is 34.1 Å². The summed E-state index contributed by atoms with van der Waals surface area (Å²) in [6.07, 6.45) is 1.06. The third kappa shape index (κ3) is 3.12. The van der Waals surface area contributed by atoms with Crippen molar-refractivity contribution >= 4 is 11.4 Å². The number of nitrogens with one attached hydrogen (secondary N) is 1. The van der Waals surface area contributed by atoms with E-state index in [-0.39, 0.29) is 17.4 Å². The smallest absolute Gasteiger partial charge is 0.136 e. The zero-order chi connectivity index (χ0) is 10.9. The normalized spacial score (nSPS) is 31.3. The maximum atomic E-state index is 11.7. The predicted octanol–water partition coefficient (Wildman–Crippen LogP) is 1.06. The SMILES string of the molecule is CC(N[S@+]([O-])C(C)(C)C)[C@@H]1C[C@H]1CO. The third-order valence-electron chi connectivity index (χ3n) is 2.70. The second-order valence-corrected chi connectivity index (χ2v) is 7.13. The van der Waals surface area contributed by atoms with Crippen molar-refractivity contribution in [3.8, 4) is 0 Å². The van der Waals surface area contributed by atoms with Crippen LogP contribution in [0.3, 0.4) is 0 Å². The molecule has 0 heterocycles. The molecule has 0 aromatic carbocycles. The van der Waals surface area contributed by atoms with E-state index in [0.29, 0.717) is 11.8 Å². The molecule has 1 aliphatic rings. The topological polar surface area (TPSA) is 55.3 Å². The van der Waals surface area contributed by atoms with Gasteiger partial charge in [0.15, 0.2) is 0 Å². The molecular weight excluding hydrogens is 198 g/mol. The number of aliphatic hydroxyl groups excluding tert-OH is 1. The molecule has 1 saturated carbocycles. The van der Waals surface area contributed by atoms with E-state index in [1.54, 1.807) is 0 Å². The number of aliphatic hydroxyl groups is 1. The van der Waals surface area contributed by atoms with Crippen molar-refractivity contribution in [2.75, 3.05) is 6.61 Å². The van der Waals surface area contributed by atoms with Crippen molar-refractivity contribution in [2.24, 2.45) is 11.8 Å². The minimum Gasteiger partial charge on any atom is -0.598 e. The second kappa shape index (κ2) is 4.39. The van der Waals surface area contributed by atoms with Gasteiger partial charge in [-0.05, 0) is 46.0 Å². The lowest BCUT2D eigenvalue weighted by Gasteiger charge is -2.26. The van der Waals surface area contributed by atoms with E-state index in [2.05, 4.69) is 4.72 Å². The first-order chi connectivity index (χ1) is 6.36. The second-order valence-electron chi connectivity index (χ2n) is 5.13. The molecule has 14 heavy (non-hydrogen) atoms. The molecule has 0 bridgehead atoms. The number of hydrogen-bond acceptors (Lipinski definition) is 3. The first-order valence-corrected chi connectivity index (χ1v) is 6.30. The fourth-order valence-electron chi connectivity index (χ4n) is 1.53. The highest BCUT2D eigenvalue weighted by Crippen LogP contribution is 2.41. The highest BCUT2D eigenvalue weighted by molar-refractivity contribution is 7.90. The third-order valence-corrected chi connectivity index (χ3v) is 4.40. The maximum absolute atomic E-state index is 11.7. The number of rotatable bonds is 4. The molecule has 1 unspecified atom stereocenters. The highest BCUT2D eigenvalue weighted by Gasteiger charge is 2.43. The molecule has 4 atom stereocenters. The molecule has 84 valence electrons. The van der Waals surface area contributed by atoms with Gasteiger partial charge in [0.05, 0.1) is 6.04 Å². The van der Waals surface area contributed by atoms with E-state index >= 15 is 0 Å².